The van der Waals surface area contributed by atoms with E-state index in [1.54, 1.807) is 0 Å². The topological polar surface area (TPSA) is 50.1 Å². The van der Waals surface area contributed by atoms with E-state index in [2.05, 4.69) is 4.74 Å². The molecule has 0 fully saturated rings. The van der Waals surface area contributed by atoms with Gasteiger partial charge in [-0.3, -0.25) is 4.79 Å². The Morgan fingerprint density at radius 1 is 1.38 bits per heavy atom. The van der Waals surface area contributed by atoms with Gasteiger partial charge in [0.1, 0.15) is 0 Å². The normalized spacial score (nSPS) is 11.3. The van der Waals surface area contributed by atoms with Crippen LogP contribution in [0.2, 0.25) is 0 Å². The molecule has 1 aromatic rings. The molecule has 1 rings (SSSR count). The minimum atomic E-state index is -4.86. The minimum absolute atomic E-state index is 0.00856. The molecule has 0 unspecified atom stereocenters. The zero-order valence-electron chi connectivity index (χ0n) is 10.8. The van der Waals surface area contributed by atoms with E-state index in [0.717, 1.165) is 0 Å². The van der Waals surface area contributed by atoms with Crippen molar-refractivity contribution in [1.82, 2.24) is 0 Å². The molecular formula is C13H10F5NO2. The molecule has 0 heterocycles. The molecule has 114 valence electrons. The van der Waals surface area contributed by atoms with Gasteiger partial charge in [0.15, 0.2) is 0 Å². The van der Waals surface area contributed by atoms with Crippen molar-refractivity contribution in [2.75, 3.05) is 6.61 Å². The first kappa shape index (κ1) is 16.9. The highest BCUT2D eigenvalue weighted by Crippen LogP contribution is 2.35. The monoisotopic (exact) mass is 307 g/mol. The molecule has 0 saturated heterocycles. The third-order valence-corrected chi connectivity index (χ3v) is 2.59. The van der Waals surface area contributed by atoms with E-state index in [0.29, 0.717) is 6.07 Å². The van der Waals surface area contributed by atoms with Gasteiger partial charge in [0, 0.05) is 5.56 Å². The van der Waals surface area contributed by atoms with Crippen LogP contribution >= 0.6 is 0 Å². The highest BCUT2D eigenvalue weighted by atomic mass is 19.4. The highest BCUT2D eigenvalue weighted by Gasteiger charge is 2.33. The maximum Gasteiger partial charge on any atom is 0.416 e. The van der Waals surface area contributed by atoms with E-state index < -0.39 is 47.2 Å². The number of benzene rings is 1. The fraction of sp³-hybridized carbons (Fsp3) is 0.385. The van der Waals surface area contributed by atoms with Crippen molar-refractivity contribution in [3.63, 3.8) is 0 Å². The molecule has 1 aromatic carbocycles. The summed E-state index contributed by atoms with van der Waals surface area (Å²) in [7, 11) is 0. The Hall–Kier alpha value is -2.17. The molecule has 3 nitrogen and oxygen atoms in total. The predicted octanol–water partition coefficient (Wildman–Crippen LogP) is 3.62. The van der Waals surface area contributed by atoms with Crippen LogP contribution in [0.3, 0.4) is 0 Å². The fourth-order valence-corrected chi connectivity index (χ4v) is 1.71. The molecule has 0 aliphatic heterocycles. The zero-order chi connectivity index (χ0) is 16.2. The number of rotatable bonds is 4. The molecular weight excluding hydrogens is 297 g/mol. The number of carbonyl (C=O) groups is 1. The smallest absolute Gasteiger partial charge is 0.416 e. The number of hydrogen-bond acceptors (Lipinski definition) is 3. The first-order chi connectivity index (χ1) is 9.70. The quantitative estimate of drug-likeness (QED) is 0.630. The summed E-state index contributed by atoms with van der Waals surface area (Å²) in [5.74, 6) is -0.893. The van der Waals surface area contributed by atoms with Crippen LogP contribution in [0, 0.1) is 11.3 Å². The molecule has 8 heteroatoms. The summed E-state index contributed by atoms with van der Waals surface area (Å²) in [5, 5.41) is 8.84. The Morgan fingerprint density at radius 3 is 2.43 bits per heavy atom. The lowest BCUT2D eigenvalue weighted by Crippen LogP contribution is -2.14. The Kier molecular flexibility index (Phi) is 5.24. The molecule has 0 N–H and O–H groups in total. The lowest BCUT2D eigenvalue weighted by atomic mass is 9.95. The maximum atomic E-state index is 12.9. The van der Waals surface area contributed by atoms with Crippen LogP contribution < -0.4 is 0 Å². The van der Waals surface area contributed by atoms with Crippen molar-refractivity contribution >= 4 is 5.97 Å². The van der Waals surface area contributed by atoms with Gasteiger partial charge in [-0.05, 0) is 24.6 Å². The Bertz CT molecular complexity index is 575. The van der Waals surface area contributed by atoms with Crippen molar-refractivity contribution in [1.29, 1.82) is 5.26 Å². The average molecular weight is 307 g/mol. The summed E-state index contributed by atoms with van der Waals surface area (Å²) < 4.78 is 68.3. The van der Waals surface area contributed by atoms with Gasteiger partial charge < -0.3 is 4.74 Å². The van der Waals surface area contributed by atoms with Gasteiger partial charge in [0.25, 0.3) is 6.43 Å². The van der Waals surface area contributed by atoms with Crippen LogP contribution in [0.25, 0.3) is 0 Å². The zero-order valence-corrected chi connectivity index (χ0v) is 10.8. The van der Waals surface area contributed by atoms with Gasteiger partial charge in [0.2, 0.25) is 0 Å². The predicted molar refractivity (Wildman–Crippen MR) is 61.5 cm³/mol. The standard InChI is InChI=1S/C13H10F5NO2/c1-2-21-11(20)5-9-7(6-19)3-8(13(16,17)18)4-10(9)12(14)15/h3-4,12H,2,5H2,1H3. The van der Waals surface area contributed by atoms with Crippen molar-refractivity contribution < 1.29 is 31.5 Å². The number of nitriles is 1. The number of nitrogens with zero attached hydrogens (tertiary/aromatic N) is 1. The fourth-order valence-electron chi connectivity index (χ4n) is 1.71. The summed E-state index contributed by atoms with van der Waals surface area (Å²) in [6, 6.07) is 2.10. The summed E-state index contributed by atoms with van der Waals surface area (Å²) in [6.45, 7) is 1.48. The summed E-state index contributed by atoms with van der Waals surface area (Å²) in [5.41, 5.74) is -3.41. The Morgan fingerprint density at radius 2 is 2.00 bits per heavy atom. The third kappa shape index (κ3) is 4.15. The third-order valence-electron chi connectivity index (χ3n) is 2.59. The van der Waals surface area contributed by atoms with Gasteiger partial charge >= 0.3 is 12.1 Å². The molecule has 0 saturated carbocycles. The lowest BCUT2D eigenvalue weighted by molar-refractivity contribution is -0.142. The SMILES string of the molecule is CCOC(=O)Cc1c(C#N)cc(C(F)(F)F)cc1C(F)F. The van der Waals surface area contributed by atoms with Gasteiger partial charge in [-0.2, -0.15) is 18.4 Å². The molecule has 0 aliphatic carbocycles. The molecule has 0 atom stereocenters. The Balaban J connectivity index is 3.41. The van der Waals surface area contributed by atoms with E-state index in [-0.39, 0.29) is 12.7 Å². The van der Waals surface area contributed by atoms with E-state index in [4.69, 9.17) is 5.26 Å². The maximum absolute atomic E-state index is 12.9. The van der Waals surface area contributed by atoms with E-state index >= 15 is 0 Å². The molecule has 21 heavy (non-hydrogen) atoms. The Labute approximate surface area is 116 Å². The molecule has 0 bridgehead atoms. The second kappa shape index (κ2) is 6.52. The van der Waals surface area contributed by atoms with Crippen LogP contribution in [-0.2, 0) is 22.1 Å². The van der Waals surface area contributed by atoms with Gasteiger partial charge in [-0.1, -0.05) is 0 Å². The van der Waals surface area contributed by atoms with Crippen molar-refractivity contribution in [3.05, 3.63) is 34.4 Å². The van der Waals surface area contributed by atoms with Crippen LogP contribution in [0.1, 0.15) is 35.6 Å². The minimum Gasteiger partial charge on any atom is -0.466 e. The van der Waals surface area contributed by atoms with Crippen LogP contribution in [0.5, 0.6) is 0 Å². The summed E-state index contributed by atoms with van der Waals surface area (Å²) in [4.78, 5) is 11.3. The number of esters is 1. The van der Waals surface area contributed by atoms with Gasteiger partial charge in [-0.15, -0.1) is 0 Å². The van der Waals surface area contributed by atoms with E-state index in [9.17, 15) is 26.7 Å². The van der Waals surface area contributed by atoms with E-state index in [1.807, 2.05) is 0 Å². The first-order valence-corrected chi connectivity index (χ1v) is 5.78. The van der Waals surface area contributed by atoms with Crippen LogP contribution in [0.4, 0.5) is 22.0 Å². The molecule has 0 radical (unpaired) electrons. The number of carbonyl (C=O) groups excluding carboxylic acids is 1. The lowest BCUT2D eigenvalue weighted by Gasteiger charge is -2.14. The van der Waals surface area contributed by atoms with Crippen molar-refractivity contribution in [3.8, 4) is 6.07 Å². The van der Waals surface area contributed by atoms with Crippen LogP contribution in [-0.4, -0.2) is 12.6 Å². The highest BCUT2D eigenvalue weighted by molar-refractivity contribution is 5.74. The molecule has 0 amide bonds. The van der Waals surface area contributed by atoms with Crippen LogP contribution in [0.15, 0.2) is 12.1 Å². The second-order valence-corrected chi connectivity index (χ2v) is 3.98. The first-order valence-electron chi connectivity index (χ1n) is 5.78. The van der Waals surface area contributed by atoms with Crippen molar-refractivity contribution in [2.45, 2.75) is 25.9 Å². The molecule has 0 aliphatic rings. The van der Waals surface area contributed by atoms with Gasteiger partial charge in [-0.25, -0.2) is 8.78 Å². The summed E-state index contributed by atoms with van der Waals surface area (Å²) in [6.07, 6.45) is -8.80. The molecule has 0 aromatic heterocycles. The second-order valence-electron chi connectivity index (χ2n) is 3.98. The number of alkyl halides is 5. The van der Waals surface area contributed by atoms with Crippen molar-refractivity contribution in [2.24, 2.45) is 0 Å². The number of halogens is 5. The largest absolute Gasteiger partial charge is 0.466 e. The number of ether oxygens (including phenoxy) is 1. The van der Waals surface area contributed by atoms with Gasteiger partial charge in [0.05, 0.1) is 30.2 Å². The average Bonchev–Trinajstić information content (AvgIpc) is 2.37. The summed E-state index contributed by atoms with van der Waals surface area (Å²) >= 11 is 0. The molecule has 0 spiro atoms. The number of hydrogen-bond donors (Lipinski definition) is 0. The van der Waals surface area contributed by atoms with E-state index in [1.165, 1.54) is 13.0 Å².